The van der Waals surface area contributed by atoms with Crippen molar-refractivity contribution >= 4 is 39.1 Å². The number of ketones is 1. The van der Waals surface area contributed by atoms with E-state index >= 15 is 0 Å². The quantitative estimate of drug-likeness (QED) is 0.685. The molecule has 0 fully saturated rings. The Hall–Kier alpha value is -2.74. The van der Waals surface area contributed by atoms with Crippen LogP contribution in [0, 0.1) is 5.92 Å². The van der Waals surface area contributed by atoms with E-state index < -0.39 is 0 Å². The van der Waals surface area contributed by atoms with E-state index in [9.17, 15) is 9.59 Å². The molecule has 0 unspecified atom stereocenters. The van der Waals surface area contributed by atoms with E-state index in [1.54, 1.807) is 36.9 Å². The smallest absolute Gasteiger partial charge is 0.247 e. The number of benzene rings is 1. The second-order valence-electron chi connectivity index (χ2n) is 5.79. The fraction of sp³-hybridized carbons (Fsp3) is 0.294. The molecule has 7 nitrogen and oxygen atoms in total. The topological polar surface area (TPSA) is 86.1 Å². The van der Waals surface area contributed by atoms with E-state index in [4.69, 9.17) is 4.74 Å². The number of hydrogen-bond donors (Lipinski definition) is 1. The summed E-state index contributed by atoms with van der Waals surface area (Å²) >= 11 is 1.34. The Morgan fingerprint density at radius 3 is 2.80 bits per heavy atom. The number of hydrogen-bond acceptors (Lipinski definition) is 6. The predicted octanol–water partition coefficient (Wildman–Crippen LogP) is 2.98. The van der Waals surface area contributed by atoms with Crippen LogP contribution in [0.2, 0.25) is 0 Å². The number of carbonyl (C=O) groups excluding carboxylic acids is 2. The van der Waals surface area contributed by atoms with Crippen molar-refractivity contribution in [2.45, 2.75) is 20.4 Å². The molecule has 0 aliphatic heterocycles. The molecule has 0 saturated carbocycles. The molecular formula is C17H18N4O3S. The van der Waals surface area contributed by atoms with Crippen LogP contribution in [0.4, 0.5) is 5.13 Å². The lowest BCUT2D eigenvalue weighted by Gasteiger charge is -2.05. The number of amides is 1. The number of fused-ring (bicyclic) bond motifs is 1. The lowest BCUT2D eigenvalue weighted by Crippen LogP contribution is -2.20. The number of aromatic nitrogens is 3. The highest BCUT2D eigenvalue weighted by atomic mass is 32.1. The minimum atomic E-state index is -0.259. The average Bonchev–Trinajstić information content (AvgIpc) is 3.21. The molecule has 3 rings (SSSR count). The second-order valence-corrected chi connectivity index (χ2v) is 6.69. The van der Waals surface area contributed by atoms with Crippen LogP contribution in [0.3, 0.4) is 0 Å². The summed E-state index contributed by atoms with van der Waals surface area (Å²) in [5, 5.41) is 10.1. The van der Waals surface area contributed by atoms with Crippen molar-refractivity contribution in [3.8, 4) is 5.75 Å². The van der Waals surface area contributed by atoms with E-state index in [2.05, 4.69) is 15.4 Å². The Labute approximate surface area is 148 Å². The zero-order chi connectivity index (χ0) is 18.0. The Morgan fingerprint density at radius 2 is 2.16 bits per heavy atom. The molecule has 0 aliphatic rings. The van der Waals surface area contributed by atoms with Crippen LogP contribution < -0.4 is 10.1 Å². The molecule has 0 radical (unpaired) electrons. The number of nitrogens with one attached hydrogen (secondary N) is 1. The van der Waals surface area contributed by atoms with Crippen LogP contribution in [0.15, 0.2) is 29.8 Å². The Kier molecular flexibility index (Phi) is 4.80. The number of rotatable bonds is 6. The van der Waals surface area contributed by atoms with Gasteiger partial charge in [0.1, 0.15) is 18.0 Å². The van der Waals surface area contributed by atoms with Gasteiger partial charge in [0.2, 0.25) is 5.91 Å². The third-order valence-electron chi connectivity index (χ3n) is 3.69. The first-order valence-electron chi connectivity index (χ1n) is 7.77. The zero-order valence-electron chi connectivity index (χ0n) is 14.1. The number of ether oxygens (including phenoxy) is 1. The van der Waals surface area contributed by atoms with Gasteiger partial charge in [0, 0.05) is 28.9 Å². The maximum absolute atomic E-state index is 12.5. The third-order valence-corrected chi connectivity index (χ3v) is 4.38. The fourth-order valence-electron chi connectivity index (χ4n) is 2.44. The lowest BCUT2D eigenvalue weighted by molar-refractivity contribution is -0.116. The van der Waals surface area contributed by atoms with Crippen LogP contribution in [-0.4, -0.2) is 33.6 Å². The van der Waals surface area contributed by atoms with Gasteiger partial charge in [-0.3, -0.25) is 14.3 Å². The van der Waals surface area contributed by atoms with Gasteiger partial charge in [-0.2, -0.15) is 5.10 Å². The summed E-state index contributed by atoms with van der Waals surface area (Å²) in [5.74, 6) is 0.135. The molecule has 1 N–H and O–H groups in total. The Bertz CT molecular complexity index is 916. The second kappa shape index (κ2) is 7.02. The summed E-state index contributed by atoms with van der Waals surface area (Å²) in [6.07, 6.45) is 1.62. The van der Waals surface area contributed by atoms with Gasteiger partial charge in [-0.15, -0.1) is 11.3 Å². The molecule has 130 valence electrons. The Morgan fingerprint density at radius 1 is 1.36 bits per heavy atom. The number of thiazole rings is 1. The molecule has 1 aromatic carbocycles. The van der Waals surface area contributed by atoms with Crippen molar-refractivity contribution in [3.63, 3.8) is 0 Å². The summed E-state index contributed by atoms with van der Waals surface area (Å²) < 4.78 is 6.77. The van der Waals surface area contributed by atoms with Crippen molar-refractivity contribution in [3.05, 3.63) is 35.5 Å². The Balaban J connectivity index is 1.98. The van der Waals surface area contributed by atoms with Gasteiger partial charge in [-0.25, -0.2) is 4.98 Å². The lowest BCUT2D eigenvalue weighted by atomic mass is 10.0. The average molecular weight is 358 g/mol. The molecule has 0 bridgehead atoms. The van der Waals surface area contributed by atoms with Crippen LogP contribution in [-0.2, 0) is 11.3 Å². The molecular weight excluding hydrogens is 340 g/mol. The van der Waals surface area contributed by atoms with E-state index in [1.165, 1.54) is 16.0 Å². The minimum Gasteiger partial charge on any atom is -0.497 e. The zero-order valence-corrected chi connectivity index (χ0v) is 15.0. The SMILES string of the molecule is COc1ccc2c(C(=O)C(C)C)nn(CC(=O)Nc3nccs3)c2c1. The van der Waals surface area contributed by atoms with Crippen molar-refractivity contribution in [1.82, 2.24) is 14.8 Å². The summed E-state index contributed by atoms with van der Waals surface area (Å²) in [4.78, 5) is 28.7. The molecule has 25 heavy (non-hydrogen) atoms. The number of Topliss-reactive ketones (excluding diaryl/α,β-unsaturated/α-hetero) is 1. The maximum Gasteiger partial charge on any atom is 0.247 e. The number of anilines is 1. The van der Waals surface area contributed by atoms with E-state index in [-0.39, 0.29) is 24.2 Å². The van der Waals surface area contributed by atoms with Gasteiger partial charge in [0.15, 0.2) is 10.9 Å². The number of nitrogens with zero attached hydrogens (tertiary/aromatic N) is 3. The van der Waals surface area contributed by atoms with Gasteiger partial charge in [0.05, 0.1) is 12.6 Å². The summed E-state index contributed by atoms with van der Waals surface area (Å²) in [7, 11) is 1.57. The summed E-state index contributed by atoms with van der Waals surface area (Å²) in [5.41, 5.74) is 1.05. The third kappa shape index (κ3) is 3.53. The van der Waals surface area contributed by atoms with Crippen molar-refractivity contribution in [1.29, 1.82) is 0 Å². The molecule has 1 amide bonds. The molecule has 0 aliphatic carbocycles. The van der Waals surface area contributed by atoms with Crippen molar-refractivity contribution < 1.29 is 14.3 Å². The normalized spacial score (nSPS) is 11.0. The summed E-state index contributed by atoms with van der Waals surface area (Å²) in [6.45, 7) is 3.63. The molecule has 2 aromatic heterocycles. The van der Waals surface area contributed by atoms with Crippen LogP contribution in [0.1, 0.15) is 24.3 Å². The molecule has 0 saturated heterocycles. The molecule has 3 aromatic rings. The van der Waals surface area contributed by atoms with E-state index in [0.717, 1.165) is 0 Å². The monoisotopic (exact) mass is 358 g/mol. The molecule has 2 heterocycles. The van der Waals surface area contributed by atoms with Gasteiger partial charge in [-0.05, 0) is 12.1 Å². The van der Waals surface area contributed by atoms with E-state index in [1.807, 2.05) is 13.8 Å². The first-order valence-corrected chi connectivity index (χ1v) is 8.65. The highest BCUT2D eigenvalue weighted by Crippen LogP contribution is 2.25. The predicted molar refractivity (Wildman–Crippen MR) is 96.2 cm³/mol. The summed E-state index contributed by atoms with van der Waals surface area (Å²) in [6, 6.07) is 5.35. The number of methoxy groups -OCH3 is 1. The highest BCUT2D eigenvalue weighted by Gasteiger charge is 2.21. The first-order chi connectivity index (χ1) is 12.0. The van der Waals surface area contributed by atoms with Gasteiger partial charge in [-0.1, -0.05) is 13.8 Å². The van der Waals surface area contributed by atoms with E-state index in [0.29, 0.717) is 27.5 Å². The van der Waals surface area contributed by atoms with Crippen LogP contribution >= 0.6 is 11.3 Å². The number of carbonyl (C=O) groups is 2. The highest BCUT2D eigenvalue weighted by molar-refractivity contribution is 7.13. The fourth-order valence-corrected chi connectivity index (χ4v) is 2.98. The first kappa shape index (κ1) is 17.1. The maximum atomic E-state index is 12.5. The minimum absolute atomic E-state index is 0.0192. The van der Waals surface area contributed by atoms with Gasteiger partial charge >= 0.3 is 0 Å². The van der Waals surface area contributed by atoms with Crippen molar-refractivity contribution in [2.24, 2.45) is 5.92 Å². The standard InChI is InChI=1S/C17H18N4O3S/c1-10(2)16(23)15-12-5-4-11(24-3)8-13(12)21(20-15)9-14(22)19-17-18-6-7-25-17/h4-8,10H,9H2,1-3H3,(H,18,19,22). The van der Waals surface area contributed by atoms with Gasteiger partial charge < -0.3 is 10.1 Å². The largest absolute Gasteiger partial charge is 0.497 e. The van der Waals surface area contributed by atoms with Gasteiger partial charge in [0.25, 0.3) is 0 Å². The van der Waals surface area contributed by atoms with Crippen LogP contribution in [0.25, 0.3) is 10.9 Å². The van der Waals surface area contributed by atoms with Crippen molar-refractivity contribution in [2.75, 3.05) is 12.4 Å². The van der Waals surface area contributed by atoms with Crippen LogP contribution in [0.5, 0.6) is 5.75 Å². The molecule has 0 spiro atoms. The molecule has 0 atom stereocenters. The molecule has 8 heteroatoms.